The summed E-state index contributed by atoms with van der Waals surface area (Å²) in [6, 6.07) is 7.36. The third kappa shape index (κ3) is 12.8. The van der Waals surface area contributed by atoms with Crippen molar-refractivity contribution >= 4 is 13.6 Å². The second kappa shape index (κ2) is 14.8. The molecule has 3 heteroatoms. The molecule has 1 nitrogen and oxygen atoms in total. The molecular weight excluding hydrogens is 424 g/mol. The largest absolute Gasteiger partial charge is 2.00 e. The van der Waals surface area contributed by atoms with E-state index in [1.54, 1.807) is 7.11 Å². The molecule has 27 heavy (non-hydrogen) atoms. The van der Waals surface area contributed by atoms with Crippen LogP contribution in [0.1, 0.15) is 18.1 Å². The van der Waals surface area contributed by atoms with Crippen molar-refractivity contribution < 1.29 is 30.9 Å². The topological polar surface area (TPSA) is 9.23 Å². The van der Waals surface area contributed by atoms with E-state index in [4.69, 9.17) is 4.74 Å². The Balaban J connectivity index is 0.000000496. The van der Waals surface area contributed by atoms with E-state index in [-0.39, 0.29) is 26.2 Å². The van der Waals surface area contributed by atoms with Gasteiger partial charge in [-0.05, 0) is 78.0 Å². The second-order valence-corrected chi connectivity index (χ2v) is 11.8. The van der Waals surface area contributed by atoms with Crippen molar-refractivity contribution in [2.75, 3.05) is 7.11 Å². The van der Waals surface area contributed by atoms with Crippen LogP contribution < -0.4 is 4.74 Å². The molecule has 0 amide bonds. The Bertz CT molecular complexity index is 513. The van der Waals surface area contributed by atoms with Gasteiger partial charge in [-0.2, -0.15) is 5.56 Å². The maximum absolute atomic E-state index is 5.36. The minimum absolute atomic E-state index is 0. The minimum atomic E-state index is -1.32. The SMILES string of the molecule is COc1ccc(C)[c-]c1C(C)=[C-][Si](C)(C)C.[CH]1[CH][CH][CH][CH]1.[CH]1[CH][CH][CH][CH]1.[Zr+2]. The summed E-state index contributed by atoms with van der Waals surface area (Å²) in [5, 5.41) is 0. The van der Waals surface area contributed by atoms with Gasteiger partial charge in [-0.3, -0.25) is 5.56 Å². The van der Waals surface area contributed by atoms with Crippen LogP contribution in [-0.4, -0.2) is 15.2 Å². The number of benzene rings is 1. The van der Waals surface area contributed by atoms with Crippen LogP contribution in [0.2, 0.25) is 19.6 Å². The molecule has 0 bridgehead atoms. The Morgan fingerprint density at radius 2 is 1.26 bits per heavy atom. The van der Waals surface area contributed by atoms with Crippen molar-refractivity contribution in [2.45, 2.75) is 33.5 Å². The molecule has 2 aliphatic rings. The third-order valence-electron chi connectivity index (χ3n) is 3.32. The molecule has 0 spiro atoms. The van der Waals surface area contributed by atoms with Gasteiger partial charge < -0.3 is 16.0 Å². The van der Waals surface area contributed by atoms with E-state index in [1.165, 1.54) is 0 Å². The fourth-order valence-corrected chi connectivity index (χ4v) is 3.55. The number of ether oxygens (including phenoxy) is 1. The number of allylic oxidation sites excluding steroid dienone is 1. The predicted octanol–water partition coefficient (Wildman–Crippen LogP) is 5.93. The fraction of sp³-hybridized carbons (Fsp3) is 0.250. The van der Waals surface area contributed by atoms with Gasteiger partial charge in [-0.15, -0.1) is 19.1 Å². The van der Waals surface area contributed by atoms with E-state index in [0.29, 0.717) is 0 Å². The molecule has 2 saturated carbocycles. The van der Waals surface area contributed by atoms with Gasteiger partial charge in [-0.25, -0.2) is 6.07 Å². The summed E-state index contributed by atoms with van der Waals surface area (Å²) in [6.07, 6.45) is 20.0. The molecule has 10 radical (unpaired) electrons. The Labute approximate surface area is 189 Å². The maximum atomic E-state index is 5.36. The molecule has 0 unspecified atom stereocenters. The summed E-state index contributed by atoms with van der Waals surface area (Å²) in [7, 11) is 0.379. The average molecular weight is 454 g/mol. The Morgan fingerprint density at radius 1 is 0.852 bits per heavy atom. The van der Waals surface area contributed by atoms with Crippen molar-refractivity contribution in [2.24, 2.45) is 0 Å². The smallest absolute Gasteiger partial charge is 0.558 e. The number of hydrogen-bond acceptors (Lipinski definition) is 1. The van der Waals surface area contributed by atoms with Crippen molar-refractivity contribution in [3.63, 3.8) is 0 Å². The standard InChI is InChI=1S/C14H20OSi.2C5H5.Zr/c1-11-7-8-14(15-3)13(9-11)12(2)10-16(4,5)6;2*1-2-4-5-3-1;/h7-8H,1-6H3;2*1-5H;/q-2;;;+2. The van der Waals surface area contributed by atoms with Crippen molar-refractivity contribution in [3.8, 4) is 5.75 Å². The molecule has 1 aromatic carbocycles. The first-order chi connectivity index (χ1) is 12.3. The van der Waals surface area contributed by atoms with E-state index in [0.717, 1.165) is 22.4 Å². The molecule has 0 N–H and O–H groups in total. The summed E-state index contributed by atoms with van der Waals surface area (Å²) in [5.74, 6) is 0.883. The predicted molar refractivity (Wildman–Crippen MR) is 115 cm³/mol. The second-order valence-electron chi connectivity index (χ2n) is 7.01. The summed E-state index contributed by atoms with van der Waals surface area (Å²) in [6.45, 7) is 11.0. The van der Waals surface area contributed by atoms with Crippen LogP contribution >= 0.6 is 0 Å². The third-order valence-corrected chi connectivity index (χ3v) is 4.45. The van der Waals surface area contributed by atoms with Crippen LogP contribution in [-0.2, 0) is 26.2 Å². The van der Waals surface area contributed by atoms with Gasteiger partial charge in [0, 0.05) is 0 Å². The minimum Gasteiger partial charge on any atom is -0.558 e. The Hall–Kier alpha value is -0.140. The summed E-state index contributed by atoms with van der Waals surface area (Å²) >= 11 is 0. The van der Waals surface area contributed by atoms with Gasteiger partial charge in [0.15, 0.2) is 0 Å². The summed E-state index contributed by atoms with van der Waals surface area (Å²) in [5.41, 5.74) is 6.91. The van der Waals surface area contributed by atoms with E-state index in [9.17, 15) is 0 Å². The Kier molecular flexibility index (Phi) is 14.7. The molecule has 0 saturated heterocycles. The summed E-state index contributed by atoms with van der Waals surface area (Å²) in [4.78, 5) is 0. The monoisotopic (exact) mass is 452 g/mol. The zero-order valence-corrected chi connectivity index (χ0v) is 20.8. The van der Waals surface area contributed by atoms with E-state index in [1.807, 2.05) is 83.3 Å². The zero-order valence-electron chi connectivity index (χ0n) is 17.3. The molecule has 3 rings (SSSR count). The number of rotatable bonds is 3. The number of aryl methyl sites for hydroxylation is 1. The molecule has 2 aliphatic carbocycles. The van der Waals surface area contributed by atoms with Gasteiger partial charge in [0.1, 0.15) is 0 Å². The molecule has 140 valence electrons. The zero-order chi connectivity index (χ0) is 19.4. The van der Waals surface area contributed by atoms with E-state index in [2.05, 4.69) is 38.3 Å². The molecule has 0 aromatic heterocycles. The van der Waals surface area contributed by atoms with Crippen molar-refractivity contribution in [1.29, 1.82) is 0 Å². The van der Waals surface area contributed by atoms with Crippen molar-refractivity contribution in [3.05, 3.63) is 99.2 Å². The molecule has 1 aromatic rings. The number of hydrogen-bond donors (Lipinski definition) is 0. The normalized spacial score (nSPS) is 16.4. The van der Waals surface area contributed by atoms with Gasteiger partial charge in [-0.1, -0.05) is 26.6 Å². The van der Waals surface area contributed by atoms with Crippen LogP contribution in [0.5, 0.6) is 5.75 Å². The van der Waals surface area contributed by atoms with Crippen LogP contribution in [0, 0.1) is 82.9 Å². The van der Waals surface area contributed by atoms with Crippen LogP contribution in [0.4, 0.5) is 0 Å². The maximum Gasteiger partial charge on any atom is 2.00 e. The van der Waals surface area contributed by atoms with Gasteiger partial charge >= 0.3 is 26.2 Å². The molecular formula is C24H30OSiZr. The van der Waals surface area contributed by atoms with Gasteiger partial charge in [0.25, 0.3) is 0 Å². The quantitative estimate of drug-likeness (QED) is 0.407. The van der Waals surface area contributed by atoms with E-state index < -0.39 is 8.07 Å². The van der Waals surface area contributed by atoms with Crippen LogP contribution in [0.25, 0.3) is 5.57 Å². The first-order valence-corrected chi connectivity index (χ1v) is 12.4. The Morgan fingerprint density at radius 3 is 1.59 bits per heavy atom. The first kappa shape index (κ1) is 26.9. The fourth-order valence-electron chi connectivity index (χ4n) is 2.30. The van der Waals surface area contributed by atoms with Crippen LogP contribution in [0.3, 0.4) is 0 Å². The first-order valence-electron chi connectivity index (χ1n) is 8.86. The number of methoxy groups -OCH3 is 1. The van der Waals surface area contributed by atoms with E-state index >= 15 is 0 Å². The molecule has 0 atom stereocenters. The molecule has 2 fully saturated rings. The average Bonchev–Trinajstić information content (AvgIpc) is 3.31. The van der Waals surface area contributed by atoms with Crippen molar-refractivity contribution in [1.82, 2.24) is 0 Å². The van der Waals surface area contributed by atoms with Gasteiger partial charge in [0.05, 0.1) is 7.11 Å². The van der Waals surface area contributed by atoms with Crippen LogP contribution in [0.15, 0.2) is 12.1 Å². The van der Waals surface area contributed by atoms with Gasteiger partial charge in [0.2, 0.25) is 0 Å². The molecule has 0 aliphatic heterocycles. The molecule has 0 heterocycles. The summed E-state index contributed by atoms with van der Waals surface area (Å²) < 4.78 is 5.36.